The first-order valence-corrected chi connectivity index (χ1v) is 8.07. The Morgan fingerprint density at radius 3 is 2.94 bits per heavy atom. The summed E-state index contributed by atoms with van der Waals surface area (Å²) in [6, 6.07) is 2.21. The van der Waals surface area contributed by atoms with Crippen molar-refractivity contribution in [1.29, 1.82) is 0 Å². The summed E-state index contributed by atoms with van der Waals surface area (Å²) >= 11 is 1.46. The molecular formula is C12H16N2O2S2. The molecule has 1 heterocycles. The molecule has 1 saturated carbocycles. The van der Waals surface area contributed by atoms with Crippen LogP contribution in [0.2, 0.25) is 0 Å². The predicted molar refractivity (Wildman–Crippen MR) is 72.8 cm³/mol. The average molecular weight is 284 g/mol. The Balaban J connectivity index is 2.16. The molecule has 1 N–H and O–H groups in total. The normalized spacial score (nSPS) is 15.8. The second kappa shape index (κ2) is 5.41. The average Bonchev–Trinajstić information content (AvgIpc) is 3.03. The van der Waals surface area contributed by atoms with E-state index in [-0.39, 0.29) is 6.54 Å². The van der Waals surface area contributed by atoms with Crippen LogP contribution in [0.15, 0.2) is 16.3 Å². The summed E-state index contributed by atoms with van der Waals surface area (Å²) in [6.07, 6.45) is 7.53. The van der Waals surface area contributed by atoms with Crippen LogP contribution in [0.3, 0.4) is 0 Å². The van der Waals surface area contributed by atoms with E-state index in [1.165, 1.54) is 35.5 Å². The molecule has 1 aromatic rings. The van der Waals surface area contributed by atoms with Gasteiger partial charge in [-0.05, 0) is 24.3 Å². The molecule has 1 fully saturated rings. The Labute approximate surface area is 112 Å². The number of hydrogen-bond donors (Lipinski definition) is 1. The molecule has 18 heavy (non-hydrogen) atoms. The summed E-state index contributed by atoms with van der Waals surface area (Å²) < 4.78 is 25.8. The van der Waals surface area contributed by atoms with E-state index in [9.17, 15) is 8.42 Å². The van der Waals surface area contributed by atoms with Crippen LogP contribution in [0.25, 0.3) is 0 Å². The van der Waals surface area contributed by atoms with Gasteiger partial charge in [0.1, 0.15) is 0 Å². The van der Waals surface area contributed by atoms with Crippen LogP contribution in [0.5, 0.6) is 0 Å². The molecule has 1 aliphatic carbocycles. The van der Waals surface area contributed by atoms with Gasteiger partial charge < -0.3 is 5.32 Å². The van der Waals surface area contributed by atoms with Crippen LogP contribution in [0.1, 0.15) is 17.7 Å². The molecule has 6 heteroatoms. The highest BCUT2D eigenvalue weighted by Crippen LogP contribution is 2.26. The van der Waals surface area contributed by atoms with Crippen molar-refractivity contribution in [3.63, 3.8) is 0 Å². The number of terminal acetylenes is 1. The van der Waals surface area contributed by atoms with Gasteiger partial charge in [0, 0.05) is 24.5 Å². The first-order valence-electron chi connectivity index (χ1n) is 5.75. The Bertz CT molecular complexity index is 553. The van der Waals surface area contributed by atoms with E-state index >= 15 is 0 Å². The molecule has 0 saturated heterocycles. The summed E-state index contributed by atoms with van der Waals surface area (Å²) in [7, 11) is -1.95. The molecule has 98 valence electrons. The van der Waals surface area contributed by atoms with E-state index < -0.39 is 10.0 Å². The standard InChI is InChI=1S/C12H16N2O2S2/c1-3-7-14(2)18(15,16)12-6-8-17-11(12)9-13-10-4-5-10/h1,6,8,10,13H,4-5,7,9H2,2H3. The monoisotopic (exact) mass is 284 g/mol. The minimum absolute atomic E-state index is 0.0909. The summed E-state index contributed by atoms with van der Waals surface area (Å²) in [6.45, 7) is 0.703. The number of nitrogens with one attached hydrogen (secondary N) is 1. The molecular weight excluding hydrogens is 268 g/mol. The van der Waals surface area contributed by atoms with E-state index in [0.29, 0.717) is 17.5 Å². The van der Waals surface area contributed by atoms with Crippen molar-refractivity contribution in [2.45, 2.75) is 30.3 Å². The second-order valence-electron chi connectivity index (χ2n) is 4.33. The third kappa shape index (κ3) is 2.93. The van der Waals surface area contributed by atoms with Crippen LogP contribution >= 0.6 is 11.3 Å². The number of thiophene rings is 1. The van der Waals surface area contributed by atoms with Crippen molar-refractivity contribution in [2.24, 2.45) is 0 Å². The molecule has 2 rings (SSSR count). The van der Waals surface area contributed by atoms with Crippen molar-refractivity contribution in [3.05, 3.63) is 16.3 Å². The number of nitrogens with zero attached hydrogens (tertiary/aromatic N) is 1. The van der Waals surface area contributed by atoms with Gasteiger partial charge in [-0.3, -0.25) is 0 Å². The van der Waals surface area contributed by atoms with Gasteiger partial charge in [0.2, 0.25) is 10.0 Å². The molecule has 1 aromatic heterocycles. The van der Waals surface area contributed by atoms with Gasteiger partial charge in [-0.25, -0.2) is 8.42 Å². The van der Waals surface area contributed by atoms with Crippen LogP contribution < -0.4 is 5.32 Å². The highest BCUT2D eigenvalue weighted by molar-refractivity contribution is 7.89. The summed E-state index contributed by atoms with van der Waals surface area (Å²) in [5, 5.41) is 5.14. The van der Waals surface area contributed by atoms with Gasteiger partial charge in [-0.15, -0.1) is 17.8 Å². The zero-order valence-electron chi connectivity index (χ0n) is 10.2. The van der Waals surface area contributed by atoms with Crippen LogP contribution in [-0.4, -0.2) is 32.4 Å². The van der Waals surface area contributed by atoms with Gasteiger partial charge in [0.05, 0.1) is 11.4 Å². The molecule has 0 spiro atoms. The Morgan fingerprint density at radius 2 is 2.33 bits per heavy atom. The van der Waals surface area contributed by atoms with Crippen molar-refractivity contribution in [3.8, 4) is 12.3 Å². The fourth-order valence-electron chi connectivity index (χ4n) is 1.59. The lowest BCUT2D eigenvalue weighted by atomic mass is 10.4. The quantitative estimate of drug-likeness (QED) is 0.800. The van der Waals surface area contributed by atoms with Crippen LogP contribution in [0.4, 0.5) is 0 Å². The minimum atomic E-state index is -3.45. The first-order chi connectivity index (χ1) is 8.55. The maximum absolute atomic E-state index is 12.3. The SMILES string of the molecule is C#CCN(C)S(=O)(=O)c1ccsc1CNC1CC1. The Morgan fingerprint density at radius 1 is 1.61 bits per heavy atom. The first kappa shape index (κ1) is 13.6. The van der Waals surface area contributed by atoms with E-state index in [1.807, 2.05) is 0 Å². The zero-order valence-corrected chi connectivity index (χ0v) is 11.9. The van der Waals surface area contributed by atoms with Crippen molar-refractivity contribution < 1.29 is 8.42 Å². The van der Waals surface area contributed by atoms with E-state index in [4.69, 9.17) is 6.42 Å². The summed E-state index contributed by atoms with van der Waals surface area (Å²) in [5.74, 6) is 2.35. The molecule has 0 bridgehead atoms. The van der Waals surface area contributed by atoms with E-state index in [1.54, 1.807) is 11.4 Å². The van der Waals surface area contributed by atoms with E-state index in [2.05, 4.69) is 11.2 Å². The number of hydrogen-bond acceptors (Lipinski definition) is 4. The van der Waals surface area contributed by atoms with Gasteiger partial charge in [-0.1, -0.05) is 5.92 Å². The lowest BCUT2D eigenvalue weighted by molar-refractivity contribution is 0.502. The predicted octanol–water partition coefficient (Wildman–Crippen LogP) is 1.25. The van der Waals surface area contributed by atoms with Gasteiger partial charge in [0.25, 0.3) is 0 Å². The highest BCUT2D eigenvalue weighted by Gasteiger charge is 2.26. The molecule has 1 aliphatic rings. The largest absolute Gasteiger partial charge is 0.309 e. The molecule has 0 aliphatic heterocycles. The van der Waals surface area contributed by atoms with Crippen LogP contribution in [0, 0.1) is 12.3 Å². The molecule has 4 nitrogen and oxygen atoms in total. The number of sulfonamides is 1. The van der Waals surface area contributed by atoms with Gasteiger partial charge >= 0.3 is 0 Å². The highest BCUT2D eigenvalue weighted by atomic mass is 32.2. The fourth-order valence-corrected chi connectivity index (χ4v) is 4.04. The molecule has 0 amide bonds. The molecule has 0 unspecified atom stereocenters. The molecule has 0 radical (unpaired) electrons. The van der Waals surface area contributed by atoms with Crippen LogP contribution in [-0.2, 0) is 16.6 Å². The summed E-state index contributed by atoms with van der Waals surface area (Å²) in [4.78, 5) is 1.23. The minimum Gasteiger partial charge on any atom is -0.309 e. The zero-order chi connectivity index (χ0) is 13.2. The van der Waals surface area contributed by atoms with Crippen molar-refractivity contribution >= 4 is 21.4 Å². The lowest BCUT2D eigenvalue weighted by Crippen LogP contribution is -2.28. The lowest BCUT2D eigenvalue weighted by Gasteiger charge is -2.14. The van der Waals surface area contributed by atoms with Crippen molar-refractivity contribution in [1.82, 2.24) is 9.62 Å². The Hall–Kier alpha value is -0.870. The third-order valence-corrected chi connectivity index (χ3v) is 5.77. The van der Waals surface area contributed by atoms with Gasteiger partial charge in [0.15, 0.2) is 0 Å². The maximum atomic E-state index is 12.3. The van der Waals surface area contributed by atoms with E-state index in [0.717, 1.165) is 4.88 Å². The fraction of sp³-hybridized carbons (Fsp3) is 0.500. The smallest absolute Gasteiger partial charge is 0.244 e. The third-order valence-electron chi connectivity index (χ3n) is 2.84. The summed E-state index contributed by atoms with van der Waals surface area (Å²) in [5.41, 5.74) is 0. The maximum Gasteiger partial charge on any atom is 0.244 e. The topological polar surface area (TPSA) is 49.4 Å². The van der Waals surface area contributed by atoms with Gasteiger partial charge in [-0.2, -0.15) is 4.31 Å². The molecule has 0 atom stereocenters. The molecule has 0 aromatic carbocycles. The van der Waals surface area contributed by atoms with Crippen molar-refractivity contribution in [2.75, 3.05) is 13.6 Å². The number of rotatable bonds is 6. The second-order valence-corrected chi connectivity index (χ2v) is 7.34. The Kier molecular flexibility index (Phi) is 4.07.